The van der Waals surface area contributed by atoms with E-state index >= 15 is 0 Å². The Bertz CT molecular complexity index is 433. The number of anilines is 1. The van der Waals surface area contributed by atoms with Gasteiger partial charge in [0, 0.05) is 23.9 Å². The molecule has 0 spiro atoms. The minimum Gasteiger partial charge on any atom is -0.398 e. The fourth-order valence-corrected chi connectivity index (χ4v) is 1.70. The van der Waals surface area contributed by atoms with Gasteiger partial charge in [0.15, 0.2) is 0 Å². The van der Waals surface area contributed by atoms with Crippen molar-refractivity contribution in [2.75, 3.05) is 18.9 Å². The van der Waals surface area contributed by atoms with Crippen LogP contribution < -0.4 is 11.1 Å². The van der Waals surface area contributed by atoms with Crippen molar-refractivity contribution in [1.82, 2.24) is 5.32 Å². The molecule has 0 saturated heterocycles. The Morgan fingerprint density at radius 3 is 2.78 bits per heavy atom. The lowest BCUT2D eigenvalue weighted by atomic mass is 9.89. The standard InChI is InChI=1S/C13H19ClN2O2/c1-13(2,5-6-17)8-16-12(18)10-7-9(14)3-4-11(10)15/h3-4,7,17H,5-6,8,15H2,1-2H3,(H,16,18). The van der Waals surface area contributed by atoms with Crippen molar-refractivity contribution in [3.05, 3.63) is 28.8 Å². The average Bonchev–Trinajstić information content (AvgIpc) is 2.29. The van der Waals surface area contributed by atoms with E-state index in [1.54, 1.807) is 18.2 Å². The summed E-state index contributed by atoms with van der Waals surface area (Å²) in [7, 11) is 0. The number of nitrogens with one attached hydrogen (secondary N) is 1. The van der Waals surface area contributed by atoms with Crippen LogP contribution in [0.3, 0.4) is 0 Å². The molecule has 1 aromatic carbocycles. The Labute approximate surface area is 112 Å². The maximum Gasteiger partial charge on any atom is 0.253 e. The number of carbonyl (C=O) groups is 1. The summed E-state index contributed by atoms with van der Waals surface area (Å²) in [5.74, 6) is -0.249. The molecule has 1 aromatic rings. The van der Waals surface area contributed by atoms with Crippen molar-refractivity contribution in [3.63, 3.8) is 0 Å². The van der Waals surface area contributed by atoms with Crippen LogP contribution in [-0.2, 0) is 0 Å². The summed E-state index contributed by atoms with van der Waals surface area (Å²) in [6.07, 6.45) is 0.623. The van der Waals surface area contributed by atoms with E-state index in [9.17, 15) is 4.79 Å². The van der Waals surface area contributed by atoms with Crippen LogP contribution in [0, 0.1) is 5.41 Å². The molecule has 1 rings (SSSR count). The third-order valence-corrected chi connectivity index (χ3v) is 3.01. The molecule has 1 amide bonds. The first-order valence-corrected chi connectivity index (χ1v) is 6.17. The van der Waals surface area contributed by atoms with Gasteiger partial charge in [-0.25, -0.2) is 0 Å². The Morgan fingerprint density at radius 2 is 2.17 bits per heavy atom. The molecule has 0 radical (unpaired) electrons. The summed E-state index contributed by atoms with van der Waals surface area (Å²) in [4.78, 5) is 12.0. The zero-order valence-corrected chi connectivity index (χ0v) is 11.4. The first kappa shape index (κ1) is 14.8. The largest absolute Gasteiger partial charge is 0.398 e. The summed E-state index contributed by atoms with van der Waals surface area (Å²) in [6, 6.07) is 4.80. The normalized spacial score (nSPS) is 11.3. The fraction of sp³-hybridized carbons (Fsp3) is 0.462. The fourth-order valence-electron chi connectivity index (χ4n) is 1.53. The summed E-state index contributed by atoms with van der Waals surface area (Å²) in [5, 5.41) is 12.2. The van der Waals surface area contributed by atoms with Crippen LogP contribution in [-0.4, -0.2) is 24.2 Å². The maximum atomic E-state index is 12.0. The molecule has 0 aliphatic carbocycles. The monoisotopic (exact) mass is 270 g/mol. The van der Waals surface area contributed by atoms with Gasteiger partial charge in [0.25, 0.3) is 5.91 Å². The number of aliphatic hydroxyl groups excluding tert-OH is 1. The van der Waals surface area contributed by atoms with E-state index in [0.717, 1.165) is 0 Å². The van der Waals surface area contributed by atoms with Crippen molar-refractivity contribution in [3.8, 4) is 0 Å². The molecule has 0 bridgehead atoms. The third kappa shape index (κ3) is 4.20. The molecule has 0 fully saturated rings. The number of nitrogen functional groups attached to an aromatic ring is 1. The van der Waals surface area contributed by atoms with Crippen LogP contribution in [0.2, 0.25) is 5.02 Å². The predicted octanol–water partition coefficient (Wildman–Crippen LogP) is 2.06. The van der Waals surface area contributed by atoms with E-state index in [1.807, 2.05) is 13.8 Å². The Morgan fingerprint density at radius 1 is 1.50 bits per heavy atom. The predicted molar refractivity (Wildman–Crippen MR) is 73.7 cm³/mol. The SMILES string of the molecule is CC(C)(CCO)CNC(=O)c1cc(Cl)ccc1N. The quantitative estimate of drug-likeness (QED) is 0.717. The molecule has 5 heteroatoms. The number of aliphatic hydroxyl groups is 1. The summed E-state index contributed by atoms with van der Waals surface area (Å²) >= 11 is 5.83. The van der Waals surface area contributed by atoms with Gasteiger partial charge < -0.3 is 16.2 Å². The first-order chi connectivity index (χ1) is 8.35. The third-order valence-electron chi connectivity index (χ3n) is 2.78. The second-order valence-electron chi connectivity index (χ2n) is 5.05. The second-order valence-corrected chi connectivity index (χ2v) is 5.49. The Balaban J connectivity index is 2.69. The van der Waals surface area contributed by atoms with E-state index in [4.69, 9.17) is 22.4 Å². The smallest absolute Gasteiger partial charge is 0.253 e. The first-order valence-electron chi connectivity index (χ1n) is 5.80. The van der Waals surface area contributed by atoms with E-state index in [0.29, 0.717) is 29.2 Å². The molecule has 0 saturated carbocycles. The van der Waals surface area contributed by atoms with Crippen LogP contribution in [0.4, 0.5) is 5.69 Å². The molecule has 0 aliphatic rings. The van der Waals surface area contributed by atoms with Crippen LogP contribution >= 0.6 is 11.6 Å². The van der Waals surface area contributed by atoms with E-state index in [1.165, 1.54) is 0 Å². The molecule has 18 heavy (non-hydrogen) atoms. The highest BCUT2D eigenvalue weighted by Crippen LogP contribution is 2.20. The van der Waals surface area contributed by atoms with Gasteiger partial charge in [-0.2, -0.15) is 0 Å². The van der Waals surface area contributed by atoms with Crippen LogP contribution in [0.15, 0.2) is 18.2 Å². The summed E-state index contributed by atoms with van der Waals surface area (Å²) in [5.41, 5.74) is 6.35. The van der Waals surface area contributed by atoms with Gasteiger partial charge in [-0.1, -0.05) is 25.4 Å². The van der Waals surface area contributed by atoms with Gasteiger partial charge in [0.2, 0.25) is 0 Å². The second kappa shape index (κ2) is 6.07. The number of rotatable bonds is 5. The van der Waals surface area contributed by atoms with Crippen molar-refractivity contribution in [1.29, 1.82) is 0 Å². The van der Waals surface area contributed by atoms with Crippen LogP contribution in [0.5, 0.6) is 0 Å². The average molecular weight is 271 g/mol. The topological polar surface area (TPSA) is 75.3 Å². The van der Waals surface area contributed by atoms with Crippen LogP contribution in [0.1, 0.15) is 30.6 Å². The molecule has 0 atom stereocenters. The van der Waals surface area contributed by atoms with Gasteiger partial charge in [-0.15, -0.1) is 0 Å². The highest BCUT2D eigenvalue weighted by molar-refractivity contribution is 6.31. The van der Waals surface area contributed by atoms with E-state index < -0.39 is 0 Å². The van der Waals surface area contributed by atoms with E-state index in [-0.39, 0.29) is 17.9 Å². The molecular formula is C13H19ClN2O2. The minimum absolute atomic E-state index is 0.0994. The van der Waals surface area contributed by atoms with Crippen LogP contribution in [0.25, 0.3) is 0 Å². The minimum atomic E-state index is -0.249. The zero-order valence-electron chi connectivity index (χ0n) is 10.7. The molecule has 4 nitrogen and oxygen atoms in total. The van der Waals surface area contributed by atoms with Gasteiger partial charge in [0.05, 0.1) is 5.56 Å². The van der Waals surface area contributed by atoms with Crippen molar-refractivity contribution < 1.29 is 9.90 Å². The highest BCUT2D eigenvalue weighted by atomic mass is 35.5. The number of nitrogens with two attached hydrogens (primary N) is 1. The Hall–Kier alpha value is -1.26. The number of halogens is 1. The molecule has 100 valence electrons. The lowest BCUT2D eigenvalue weighted by Crippen LogP contribution is -2.34. The number of carbonyl (C=O) groups excluding carboxylic acids is 1. The Kier molecular flexibility index (Phi) is 4.99. The number of amides is 1. The molecule has 0 aliphatic heterocycles. The number of benzene rings is 1. The zero-order chi connectivity index (χ0) is 13.8. The molecule has 0 aromatic heterocycles. The number of hydrogen-bond acceptors (Lipinski definition) is 3. The summed E-state index contributed by atoms with van der Waals surface area (Å²) < 4.78 is 0. The molecular weight excluding hydrogens is 252 g/mol. The van der Waals surface area contributed by atoms with Gasteiger partial charge >= 0.3 is 0 Å². The molecule has 0 heterocycles. The maximum absolute atomic E-state index is 12.0. The number of hydrogen-bond donors (Lipinski definition) is 3. The highest BCUT2D eigenvalue weighted by Gasteiger charge is 2.19. The lowest BCUT2D eigenvalue weighted by molar-refractivity contribution is 0.0929. The molecule has 4 N–H and O–H groups in total. The van der Waals surface area contributed by atoms with Gasteiger partial charge in [0.1, 0.15) is 0 Å². The lowest BCUT2D eigenvalue weighted by Gasteiger charge is -2.24. The van der Waals surface area contributed by atoms with Gasteiger partial charge in [-0.05, 0) is 30.0 Å². The van der Waals surface area contributed by atoms with Crippen molar-refractivity contribution >= 4 is 23.2 Å². The van der Waals surface area contributed by atoms with Crippen molar-refractivity contribution in [2.24, 2.45) is 5.41 Å². The van der Waals surface area contributed by atoms with E-state index in [2.05, 4.69) is 5.32 Å². The molecule has 0 unspecified atom stereocenters. The van der Waals surface area contributed by atoms with Crippen molar-refractivity contribution in [2.45, 2.75) is 20.3 Å². The van der Waals surface area contributed by atoms with Gasteiger partial charge in [-0.3, -0.25) is 4.79 Å². The summed E-state index contributed by atoms with van der Waals surface area (Å²) in [6.45, 7) is 4.52.